The van der Waals surface area contributed by atoms with Crippen LogP contribution in [0.3, 0.4) is 0 Å². The van der Waals surface area contributed by atoms with Crippen LogP contribution in [0.25, 0.3) is 0 Å². The third kappa shape index (κ3) is 6.69. The van der Waals surface area contributed by atoms with Crippen molar-refractivity contribution >= 4 is 17.7 Å². The maximum absolute atomic E-state index is 13.4. The minimum Gasteiger partial charge on any atom is -0.372 e. The molecule has 0 saturated carbocycles. The summed E-state index contributed by atoms with van der Waals surface area (Å²) in [5.74, 6) is -1.64. The summed E-state index contributed by atoms with van der Waals surface area (Å²) in [6, 6.07) is 9.31. The summed E-state index contributed by atoms with van der Waals surface area (Å²) < 4.78 is 6.09. The minimum atomic E-state index is -0.647. The van der Waals surface area contributed by atoms with Gasteiger partial charge in [-0.2, -0.15) is 0 Å². The third-order valence-corrected chi connectivity index (χ3v) is 6.77. The van der Waals surface area contributed by atoms with Crippen molar-refractivity contribution in [3.63, 3.8) is 0 Å². The van der Waals surface area contributed by atoms with Crippen LogP contribution in [0.1, 0.15) is 58.4 Å². The van der Waals surface area contributed by atoms with Crippen molar-refractivity contribution in [3.8, 4) is 0 Å². The molecule has 3 N–H and O–H groups in total. The summed E-state index contributed by atoms with van der Waals surface area (Å²) in [7, 11) is 0. The van der Waals surface area contributed by atoms with Gasteiger partial charge in [-0.05, 0) is 37.2 Å². The van der Waals surface area contributed by atoms with E-state index in [1.54, 1.807) is 0 Å². The van der Waals surface area contributed by atoms with Gasteiger partial charge in [0.05, 0.1) is 18.8 Å². The van der Waals surface area contributed by atoms with Crippen molar-refractivity contribution in [1.82, 2.24) is 10.2 Å². The van der Waals surface area contributed by atoms with Crippen molar-refractivity contribution in [2.75, 3.05) is 6.54 Å². The lowest BCUT2D eigenvalue weighted by Crippen LogP contribution is -2.51. The number of rotatable bonds is 11. The lowest BCUT2D eigenvalue weighted by atomic mass is 9.81. The van der Waals surface area contributed by atoms with E-state index in [0.29, 0.717) is 32.4 Å². The summed E-state index contributed by atoms with van der Waals surface area (Å²) >= 11 is 0. The summed E-state index contributed by atoms with van der Waals surface area (Å²) in [5, 5.41) is 2.96. The van der Waals surface area contributed by atoms with E-state index in [-0.39, 0.29) is 29.9 Å². The number of fused-ring (bicyclic) bond motifs is 1. The molecular formula is C27H39N3O4. The predicted octanol–water partition coefficient (Wildman–Crippen LogP) is 3.18. The Balaban J connectivity index is 1.65. The van der Waals surface area contributed by atoms with Crippen molar-refractivity contribution in [3.05, 3.63) is 48.0 Å². The molecule has 0 aliphatic carbocycles. The van der Waals surface area contributed by atoms with Crippen LogP contribution >= 0.6 is 0 Å². The van der Waals surface area contributed by atoms with Gasteiger partial charge in [-0.1, -0.05) is 69.7 Å². The molecule has 5 atom stereocenters. The van der Waals surface area contributed by atoms with Gasteiger partial charge in [-0.25, -0.2) is 0 Å². The molecule has 0 spiro atoms. The number of nitrogens with two attached hydrogens (primary N) is 1. The number of carbonyl (C=O) groups excluding carboxylic acids is 3. The zero-order valence-corrected chi connectivity index (χ0v) is 20.6. The van der Waals surface area contributed by atoms with Gasteiger partial charge in [-0.3, -0.25) is 14.4 Å². The van der Waals surface area contributed by atoms with Gasteiger partial charge in [0.2, 0.25) is 17.7 Å². The molecule has 34 heavy (non-hydrogen) atoms. The minimum absolute atomic E-state index is 0.0277. The molecule has 2 aliphatic rings. The molecule has 0 unspecified atom stereocenters. The van der Waals surface area contributed by atoms with Crippen molar-refractivity contribution < 1.29 is 19.1 Å². The number of nitrogens with zero attached hydrogens (tertiary/aromatic N) is 1. The largest absolute Gasteiger partial charge is 0.372 e. The average molecular weight is 470 g/mol. The molecule has 1 fully saturated rings. The van der Waals surface area contributed by atoms with E-state index in [1.807, 2.05) is 68.2 Å². The Kier molecular flexibility index (Phi) is 9.28. The van der Waals surface area contributed by atoms with Crippen LogP contribution in [0.4, 0.5) is 0 Å². The fraction of sp³-hybridized carbons (Fsp3) is 0.593. The van der Waals surface area contributed by atoms with Gasteiger partial charge in [0, 0.05) is 18.4 Å². The van der Waals surface area contributed by atoms with E-state index in [0.717, 1.165) is 18.4 Å². The van der Waals surface area contributed by atoms with E-state index >= 15 is 0 Å². The second-order valence-electron chi connectivity index (χ2n) is 9.97. The molecular weight excluding hydrogens is 430 g/mol. The fourth-order valence-electron chi connectivity index (χ4n) is 5.06. The van der Waals surface area contributed by atoms with Gasteiger partial charge < -0.3 is 20.7 Å². The van der Waals surface area contributed by atoms with Gasteiger partial charge in [0.15, 0.2) is 0 Å². The molecule has 7 heteroatoms. The fourth-order valence-corrected chi connectivity index (χ4v) is 5.06. The topological polar surface area (TPSA) is 102 Å². The van der Waals surface area contributed by atoms with Gasteiger partial charge in [0.1, 0.15) is 6.04 Å². The summed E-state index contributed by atoms with van der Waals surface area (Å²) in [6.07, 6.45) is 7.03. The van der Waals surface area contributed by atoms with Gasteiger partial charge in [-0.15, -0.1) is 0 Å². The Morgan fingerprint density at radius 2 is 1.94 bits per heavy atom. The van der Waals surface area contributed by atoms with Crippen molar-refractivity contribution in [2.24, 2.45) is 23.5 Å². The number of carbonyl (C=O) groups is 3. The number of ether oxygens (including phenoxy) is 1. The monoisotopic (exact) mass is 469 g/mol. The molecule has 7 nitrogen and oxygen atoms in total. The Hall–Kier alpha value is -2.67. The highest BCUT2D eigenvalue weighted by Gasteiger charge is 2.40. The summed E-state index contributed by atoms with van der Waals surface area (Å²) in [6.45, 7) is 7.03. The Morgan fingerprint density at radius 3 is 2.59 bits per heavy atom. The number of amides is 3. The van der Waals surface area contributed by atoms with Crippen molar-refractivity contribution in [1.29, 1.82) is 0 Å². The third-order valence-electron chi connectivity index (χ3n) is 6.77. The molecule has 0 bridgehead atoms. The first kappa shape index (κ1) is 25.9. The van der Waals surface area contributed by atoms with Crippen LogP contribution in [0.2, 0.25) is 0 Å². The number of hydrogen-bond acceptors (Lipinski definition) is 4. The number of primary amides is 1. The highest BCUT2D eigenvalue weighted by Crippen LogP contribution is 2.28. The molecule has 1 aromatic carbocycles. The molecule has 3 rings (SSSR count). The van der Waals surface area contributed by atoms with E-state index in [2.05, 4.69) is 5.32 Å². The SMILES string of the molecule is CCC[C@H](C(N)=O)[C@@H](CC(C)C)C(=O)N[C@H]1CC=C[C@@H]2C[C@@H](OCc3ccccc3)CN2C1=O. The van der Waals surface area contributed by atoms with Crippen LogP contribution in [0.5, 0.6) is 0 Å². The highest BCUT2D eigenvalue weighted by molar-refractivity contribution is 5.92. The van der Waals surface area contributed by atoms with Crippen LogP contribution < -0.4 is 11.1 Å². The van der Waals surface area contributed by atoms with E-state index < -0.39 is 23.8 Å². The number of nitrogens with one attached hydrogen (secondary N) is 1. The normalized spacial score (nSPS) is 23.9. The van der Waals surface area contributed by atoms with Crippen LogP contribution in [-0.4, -0.2) is 47.4 Å². The zero-order chi connectivity index (χ0) is 24.7. The predicted molar refractivity (Wildman–Crippen MR) is 131 cm³/mol. The molecule has 0 aromatic heterocycles. The molecule has 186 valence electrons. The second kappa shape index (κ2) is 12.2. The quantitative estimate of drug-likeness (QED) is 0.486. The van der Waals surface area contributed by atoms with Gasteiger partial charge >= 0.3 is 0 Å². The lowest BCUT2D eigenvalue weighted by molar-refractivity contribution is -0.139. The van der Waals surface area contributed by atoms with Crippen LogP contribution in [0, 0.1) is 17.8 Å². The average Bonchev–Trinajstić information content (AvgIpc) is 3.16. The lowest BCUT2D eigenvalue weighted by Gasteiger charge is -2.29. The molecule has 1 saturated heterocycles. The first-order valence-electron chi connectivity index (χ1n) is 12.5. The van der Waals surface area contributed by atoms with E-state index in [1.165, 1.54) is 0 Å². The molecule has 1 aromatic rings. The molecule has 3 amide bonds. The molecule has 0 radical (unpaired) electrons. The number of benzene rings is 1. The van der Waals surface area contributed by atoms with Gasteiger partial charge in [0.25, 0.3) is 0 Å². The first-order chi connectivity index (χ1) is 16.3. The summed E-state index contributed by atoms with van der Waals surface area (Å²) in [5.41, 5.74) is 6.76. The van der Waals surface area contributed by atoms with E-state index in [9.17, 15) is 14.4 Å². The maximum Gasteiger partial charge on any atom is 0.246 e. The highest BCUT2D eigenvalue weighted by atomic mass is 16.5. The van der Waals surface area contributed by atoms with Crippen LogP contribution in [0.15, 0.2) is 42.5 Å². The smallest absolute Gasteiger partial charge is 0.246 e. The Bertz CT molecular complexity index is 870. The number of hydrogen-bond donors (Lipinski definition) is 2. The molecule has 2 heterocycles. The zero-order valence-electron chi connectivity index (χ0n) is 20.6. The Labute approximate surface area is 203 Å². The van der Waals surface area contributed by atoms with Crippen LogP contribution in [-0.2, 0) is 25.7 Å². The molecule has 2 aliphatic heterocycles. The standard InChI is InChI=1S/C27H39N3O4/c1-4-9-22(25(28)31)23(14-18(2)3)26(32)29-24-13-8-12-20-15-21(16-30(20)27(24)33)34-17-19-10-6-5-7-11-19/h5-8,10-12,18,20-24H,4,9,13-17H2,1-3H3,(H2,28,31)(H,29,32)/t20-,21-,22+,23-,24+/m1/s1. The van der Waals surface area contributed by atoms with E-state index in [4.69, 9.17) is 10.5 Å². The van der Waals surface area contributed by atoms with Crippen molar-refractivity contribution in [2.45, 2.75) is 77.7 Å². The maximum atomic E-state index is 13.4. The second-order valence-corrected chi connectivity index (χ2v) is 9.97. The summed E-state index contributed by atoms with van der Waals surface area (Å²) in [4.78, 5) is 40.6. The first-order valence-corrected chi connectivity index (χ1v) is 12.5. The Morgan fingerprint density at radius 1 is 1.21 bits per heavy atom.